The van der Waals surface area contributed by atoms with E-state index in [4.69, 9.17) is 0 Å². The summed E-state index contributed by atoms with van der Waals surface area (Å²) in [6.45, 7) is 6.09. The van der Waals surface area contributed by atoms with Gasteiger partial charge in [0.25, 0.3) is 0 Å². The molecule has 0 spiro atoms. The lowest BCUT2D eigenvalue weighted by Gasteiger charge is -1.87. The molecule has 2 heteroatoms. The highest BCUT2D eigenvalue weighted by Gasteiger charge is 1.77. The maximum Gasteiger partial charge on any atom is 0.0991 e. The molecule has 0 aliphatic rings. The second-order valence-corrected chi connectivity index (χ2v) is 1.67. The molecule has 0 atom stereocenters. The lowest BCUT2D eigenvalue weighted by atomic mass is 10.4. The van der Waals surface area contributed by atoms with Crippen LogP contribution in [-0.2, 0) is 3.83 Å². The van der Waals surface area contributed by atoms with Gasteiger partial charge in [0, 0.05) is 0 Å². The van der Waals surface area contributed by atoms with Crippen molar-refractivity contribution in [3.8, 4) is 0 Å². The van der Waals surface area contributed by atoms with E-state index >= 15 is 0 Å². The molecule has 0 aromatic carbocycles. The smallest absolute Gasteiger partial charge is 0.0991 e. The van der Waals surface area contributed by atoms with Crippen molar-refractivity contribution in [3.63, 3.8) is 0 Å². The van der Waals surface area contributed by atoms with Crippen molar-refractivity contribution in [1.82, 2.24) is 0 Å². The Morgan fingerprint density at radius 2 is 2.50 bits per heavy atom. The van der Waals surface area contributed by atoms with Gasteiger partial charge in [-0.2, -0.15) is 0 Å². The Kier molecular flexibility index (Phi) is 3.47. The summed E-state index contributed by atoms with van der Waals surface area (Å²) in [5.74, 6) is 0. The molecule has 0 heterocycles. The van der Waals surface area contributed by atoms with Gasteiger partial charge in [-0.3, -0.25) is 0 Å². The summed E-state index contributed by atoms with van der Waals surface area (Å²) in [5, 5.41) is 0. The monoisotopic (exact) mass is 150 g/mol. The Hall–Kier alpha value is 0.180. The van der Waals surface area contributed by atoms with Crippen LogP contribution in [0.3, 0.4) is 0 Å². The largest absolute Gasteiger partial charge is 0.304 e. The van der Waals surface area contributed by atoms with Crippen LogP contribution in [0.25, 0.3) is 0 Å². The molecule has 6 heavy (non-hydrogen) atoms. The van der Waals surface area contributed by atoms with Crippen LogP contribution < -0.4 is 0 Å². The molecular weight excluding hydrogens is 144 g/mol. The first-order chi connectivity index (χ1) is 2.77. The van der Waals surface area contributed by atoms with Crippen molar-refractivity contribution in [3.05, 3.63) is 12.2 Å². The van der Waals surface area contributed by atoms with Crippen LogP contribution in [-0.4, -0.2) is 6.61 Å². The van der Waals surface area contributed by atoms with Crippen LogP contribution in [0.15, 0.2) is 12.2 Å². The van der Waals surface area contributed by atoms with Crippen molar-refractivity contribution in [2.75, 3.05) is 6.61 Å². The van der Waals surface area contributed by atoms with Gasteiger partial charge in [-0.1, -0.05) is 12.2 Å². The molecular formula is C4H7BrO. The van der Waals surface area contributed by atoms with Gasteiger partial charge in [-0.05, 0) is 6.92 Å². The molecule has 0 N–H and O–H groups in total. The number of hydrogen-bond donors (Lipinski definition) is 0. The van der Waals surface area contributed by atoms with Crippen molar-refractivity contribution in [2.24, 2.45) is 0 Å². The Bertz CT molecular complexity index is 51.5. The second kappa shape index (κ2) is 3.37. The summed E-state index contributed by atoms with van der Waals surface area (Å²) in [4.78, 5) is 0. The zero-order valence-corrected chi connectivity index (χ0v) is 5.29. The van der Waals surface area contributed by atoms with Crippen LogP contribution in [0.1, 0.15) is 6.92 Å². The van der Waals surface area contributed by atoms with Crippen molar-refractivity contribution in [2.45, 2.75) is 6.92 Å². The van der Waals surface area contributed by atoms with E-state index < -0.39 is 0 Å². The highest BCUT2D eigenvalue weighted by Crippen LogP contribution is 1.90. The second-order valence-electron chi connectivity index (χ2n) is 1.21. The minimum Gasteiger partial charge on any atom is -0.304 e. The molecule has 0 saturated heterocycles. The Morgan fingerprint density at radius 1 is 2.00 bits per heavy atom. The van der Waals surface area contributed by atoms with Gasteiger partial charge in [-0.15, -0.1) is 0 Å². The third kappa shape index (κ3) is 4.18. The molecule has 0 unspecified atom stereocenters. The highest BCUT2D eigenvalue weighted by atomic mass is 79.9. The minimum atomic E-state index is 0.597. The minimum absolute atomic E-state index is 0.597. The van der Waals surface area contributed by atoms with Gasteiger partial charge < -0.3 is 3.83 Å². The van der Waals surface area contributed by atoms with E-state index in [1.807, 2.05) is 6.92 Å². The van der Waals surface area contributed by atoms with Crippen LogP contribution >= 0.6 is 16.3 Å². The van der Waals surface area contributed by atoms with Crippen LogP contribution in [0, 0.1) is 0 Å². The lowest BCUT2D eigenvalue weighted by molar-refractivity contribution is 0.441. The first-order valence-corrected chi connectivity index (χ1v) is 2.30. The molecule has 0 aliphatic carbocycles. The lowest BCUT2D eigenvalue weighted by Crippen LogP contribution is -1.79. The molecule has 0 aromatic rings. The zero-order chi connectivity index (χ0) is 4.99. The Morgan fingerprint density at radius 3 is 2.50 bits per heavy atom. The van der Waals surface area contributed by atoms with Crippen molar-refractivity contribution >= 4 is 16.3 Å². The highest BCUT2D eigenvalue weighted by molar-refractivity contribution is 9.06. The van der Waals surface area contributed by atoms with E-state index in [0.717, 1.165) is 5.57 Å². The Labute approximate surface area is 46.5 Å². The maximum atomic E-state index is 4.52. The fraction of sp³-hybridized carbons (Fsp3) is 0.500. The Balaban J connectivity index is 2.83. The summed E-state index contributed by atoms with van der Waals surface area (Å²) in [6, 6.07) is 0. The first-order valence-electron chi connectivity index (χ1n) is 1.65. The summed E-state index contributed by atoms with van der Waals surface area (Å²) in [6.07, 6.45) is 0. The van der Waals surface area contributed by atoms with Crippen LogP contribution in [0.5, 0.6) is 0 Å². The molecule has 0 aliphatic heterocycles. The normalized spacial score (nSPS) is 8.33. The van der Waals surface area contributed by atoms with Crippen LogP contribution in [0.4, 0.5) is 0 Å². The third-order valence-corrected chi connectivity index (χ3v) is 0.530. The number of halogens is 1. The molecule has 0 fully saturated rings. The SMILES string of the molecule is C=C(C)COBr. The quantitative estimate of drug-likeness (QED) is 0.547. The summed E-state index contributed by atoms with van der Waals surface area (Å²) in [5.41, 5.74) is 1.02. The molecule has 1 nitrogen and oxygen atoms in total. The van der Waals surface area contributed by atoms with Gasteiger partial charge in [0.2, 0.25) is 0 Å². The fourth-order valence-electron chi connectivity index (χ4n) is 0.0931. The van der Waals surface area contributed by atoms with Gasteiger partial charge in [0.05, 0.1) is 22.9 Å². The summed E-state index contributed by atoms with van der Waals surface area (Å²) < 4.78 is 4.52. The molecule has 36 valence electrons. The van der Waals surface area contributed by atoms with E-state index in [0.29, 0.717) is 6.61 Å². The molecule has 0 bridgehead atoms. The molecule has 0 amide bonds. The van der Waals surface area contributed by atoms with Crippen molar-refractivity contribution in [1.29, 1.82) is 0 Å². The topological polar surface area (TPSA) is 9.23 Å². The molecule has 0 rings (SSSR count). The average Bonchev–Trinajstić information content (AvgIpc) is 1.35. The van der Waals surface area contributed by atoms with Crippen LogP contribution in [0.2, 0.25) is 0 Å². The summed E-state index contributed by atoms with van der Waals surface area (Å²) in [7, 11) is 0. The van der Waals surface area contributed by atoms with E-state index in [9.17, 15) is 0 Å². The predicted molar refractivity (Wildman–Crippen MR) is 29.7 cm³/mol. The standard InChI is InChI=1S/C4H7BrO/c1-4(2)3-6-5/h1,3H2,2H3. The molecule has 0 aromatic heterocycles. The van der Waals surface area contributed by atoms with Gasteiger partial charge in [0.15, 0.2) is 0 Å². The number of hydrogen-bond acceptors (Lipinski definition) is 1. The first kappa shape index (κ1) is 6.18. The third-order valence-electron chi connectivity index (χ3n) is 0.301. The van der Waals surface area contributed by atoms with E-state index in [1.165, 1.54) is 0 Å². The maximum absolute atomic E-state index is 4.52. The van der Waals surface area contributed by atoms with Gasteiger partial charge in [-0.25, -0.2) is 0 Å². The van der Waals surface area contributed by atoms with E-state index in [1.54, 1.807) is 0 Å². The van der Waals surface area contributed by atoms with Gasteiger partial charge in [0.1, 0.15) is 0 Å². The summed E-state index contributed by atoms with van der Waals surface area (Å²) >= 11 is 2.79. The van der Waals surface area contributed by atoms with E-state index in [-0.39, 0.29) is 0 Å². The average molecular weight is 151 g/mol. The molecule has 0 radical (unpaired) electrons. The number of rotatable bonds is 2. The predicted octanol–water partition coefficient (Wildman–Crippen LogP) is 1.89. The van der Waals surface area contributed by atoms with Gasteiger partial charge >= 0.3 is 0 Å². The molecule has 0 saturated carbocycles. The fourth-order valence-corrected chi connectivity index (χ4v) is 0.484. The van der Waals surface area contributed by atoms with E-state index in [2.05, 4.69) is 26.7 Å². The van der Waals surface area contributed by atoms with Crippen molar-refractivity contribution < 1.29 is 3.83 Å². The zero-order valence-electron chi connectivity index (χ0n) is 3.70.